The first-order valence-corrected chi connectivity index (χ1v) is 7.09. The fourth-order valence-corrected chi connectivity index (χ4v) is 2.64. The Balaban J connectivity index is 1.92. The Labute approximate surface area is 123 Å². The molecule has 2 aromatic rings. The third kappa shape index (κ3) is 2.71. The summed E-state index contributed by atoms with van der Waals surface area (Å²) in [5.74, 6) is 2.78. The summed E-state index contributed by atoms with van der Waals surface area (Å²) >= 11 is 0. The van der Waals surface area contributed by atoms with E-state index in [1.54, 1.807) is 14.2 Å². The number of methoxy groups -OCH3 is 2. The Morgan fingerprint density at radius 1 is 1.29 bits per heavy atom. The highest BCUT2D eigenvalue weighted by Crippen LogP contribution is 2.37. The first-order valence-electron chi connectivity index (χ1n) is 7.09. The van der Waals surface area contributed by atoms with Gasteiger partial charge in [0.05, 0.1) is 19.8 Å². The fraction of sp³-hybridized carbons (Fsp3) is 0.467. The van der Waals surface area contributed by atoms with Crippen molar-refractivity contribution < 1.29 is 14.0 Å². The van der Waals surface area contributed by atoms with Crippen molar-refractivity contribution in [3.05, 3.63) is 24.0 Å². The van der Waals surface area contributed by atoms with Crippen LogP contribution < -0.4 is 14.8 Å². The number of aromatic nitrogens is 2. The van der Waals surface area contributed by atoms with E-state index < -0.39 is 0 Å². The zero-order chi connectivity index (χ0) is 14.7. The SMILES string of the molecule is COc1cccc(-c2nc(C3CCCNC3)no2)c1OC. The monoisotopic (exact) mass is 289 g/mol. The van der Waals surface area contributed by atoms with Crippen LogP contribution in [0.4, 0.5) is 0 Å². The number of hydrogen-bond acceptors (Lipinski definition) is 6. The van der Waals surface area contributed by atoms with Crippen molar-refractivity contribution in [1.82, 2.24) is 15.5 Å². The van der Waals surface area contributed by atoms with Gasteiger partial charge in [-0.15, -0.1) is 0 Å². The highest BCUT2D eigenvalue weighted by molar-refractivity contribution is 5.67. The van der Waals surface area contributed by atoms with Crippen LogP contribution in [0.5, 0.6) is 11.5 Å². The molecule has 2 heterocycles. The van der Waals surface area contributed by atoms with E-state index >= 15 is 0 Å². The number of benzene rings is 1. The van der Waals surface area contributed by atoms with Crippen molar-refractivity contribution in [3.63, 3.8) is 0 Å². The van der Waals surface area contributed by atoms with Gasteiger partial charge in [-0.25, -0.2) is 0 Å². The Morgan fingerprint density at radius 3 is 2.90 bits per heavy atom. The molecule has 1 aliphatic rings. The zero-order valence-corrected chi connectivity index (χ0v) is 12.3. The van der Waals surface area contributed by atoms with Crippen molar-refractivity contribution >= 4 is 0 Å². The normalized spacial score (nSPS) is 18.5. The number of hydrogen-bond donors (Lipinski definition) is 1. The maximum atomic E-state index is 5.42. The van der Waals surface area contributed by atoms with Gasteiger partial charge in [0.1, 0.15) is 0 Å². The second-order valence-corrected chi connectivity index (χ2v) is 5.04. The lowest BCUT2D eigenvalue weighted by molar-refractivity contribution is 0.353. The van der Waals surface area contributed by atoms with Crippen molar-refractivity contribution in [2.24, 2.45) is 0 Å². The van der Waals surface area contributed by atoms with Gasteiger partial charge in [0.25, 0.3) is 5.89 Å². The van der Waals surface area contributed by atoms with Gasteiger partial charge in [-0.1, -0.05) is 11.2 Å². The van der Waals surface area contributed by atoms with Crippen LogP contribution in [0, 0.1) is 0 Å². The predicted octanol–water partition coefficient (Wildman–Crippen LogP) is 2.22. The molecule has 0 spiro atoms. The molecule has 112 valence electrons. The van der Waals surface area contributed by atoms with Crippen LogP contribution in [0.1, 0.15) is 24.6 Å². The van der Waals surface area contributed by atoms with Crippen molar-refractivity contribution in [1.29, 1.82) is 0 Å². The maximum absolute atomic E-state index is 5.42. The lowest BCUT2D eigenvalue weighted by Crippen LogP contribution is -2.28. The van der Waals surface area contributed by atoms with E-state index in [2.05, 4.69) is 15.5 Å². The third-order valence-electron chi connectivity index (χ3n) is 3.74. The van der Waals surface area contributed by atoms with E-state index in [9.17, 15) is 0 Å². The molecule has 21 heavy (non-hydrogen) atoms. The van der Waals surface area contributed by atoms with Crippen LogP contribution in [0.3, 0.4) is 0 Å². The Kier molecular flexibility index (Phi) is 4.06. The number of para-hydroxylation sites is 1. The molecule has 1 N–H and O–H groups in total. The smallest absolute Gasteiger partial charge is 0.261 e. The summed E-state index contributed by atoms with van der Waals surface area (Å²) in [5, 5.41) is 7.48. The predicted molar refractivity (Wildman–Crippen MR) is 77.7 cm³/mol. The lowest BCUT2D eigenvalue weighted by Gasteiger charge is -2.19. The number of nitrogens with zero attached hydrogens (tertiary/aromatic N) is 2. The molecule has 1 aromatic carbocycles. The molecule has 6 nitrogen and oxygen atoms in total. The number of ether oxygens (including phenoxy) is 2. The fourth-order valence-electron chi connectivity index (χ4n) is 2.64. The van der Waals surface area contributed by atoms with E-state index in [0.29, 0.717) is 23.3 Å². The minimum atomic E-state index is 0.313. The average Bonchev–Trinajstić information content (AvgIpc) is 3.04. The van der Waals surface area contributed by atoms with Crippen LogP contribution in [-0.2, 0) is 0 Å². The van der Waals surface area contributed by atoms with Gasteiger partial charge in [0, 0.05) is 12.5 Å². The van der Waals surface area contributed by atoms with Crippen LogP contribution in [0.2, 0.25) is 0 Å². The highest BCUT2D eigenvalue weighted by Gasteiger charge is 2.23. The van der Waals surface area contributed by atoms with E-state index in [-0.39, 0.29) is 0 Å². The Bertz CT molecular complexity index is 606. The van der Waals surface area contributed by atoms with Gasteiger partial charge in [-0.3, -0.25) is 0 Å². The minimum Gasteiger partial charge on any atom is -0.493 e. The molecule has 0 saturated carbocycles. The largest absolute Gasteiger partial charge is 0.493 e. The summed E-state index contributed by atoms with van der Waals surface area (Å²) in [6.45, 7) is 1.96. The van der Waals surface area contributed by atoms with Gasteiger partial charge in [0.15, 0.2) is 17.3 Å². The molecule has 1 unspecified atom stereocenters. The molecule has 0 amide bonds. The molecule has 1 saturated heterocycles. The molecule has 1 atom stereocenters. The lowest BCUT2D eigenvalue weighted by atomic mass is 9.99. The minimum absolute atomic E-state index is 0.313. The molecule has 6 heteroatoms. The zero-order valence-electron chi connectivity index (χ0n) is 12.3. The second kappa shape index (κ2) is 6.13. The Morgan fingerprint density at radius 2 is 2.19 bits per heavy atom. The first-order chi connectivity index (χ1) is 10.3. The average molecular weight is 289 g/mol. The number of nitrogens with one attached hydrogen (secondary N) is 1. The molecule has 1 aliphatic heterocycles. The molecular weight excluding hydrogens is 270 g/mol. The molecule has 0 radical (unpaired) electrons. The highest BCUT2D eigenvalue weighted by atomic mass is 16.5. The molecule has 3 rings (SSSR count). The number of piperidine rings is 1. The van der Waals surface area contributed by atoms with Crippen LogP contribution in [0.15, 0.2) is 22.7 Å². The van der Waals surface area contributed by atoms with E-state index in [0.717, 1.165) is 37.3 Å². The molecular formula is C15H19N3O3. The second-order valence-electron chi connectivity index (χ2n) is 5.04. The standard InChI is InChI=1S/C15H19N3O3/c1-19-12-7-3-6-11(13(12)20-2)15-17-14(18-21-15)10-5-4-8-16-9-10/h3,6-7,10,16H,4-5,8-9H2,1-2H3. The van der Waals surface area contributed by atoms with Crippen molar-refractivity contribution in [2.75, 3.05) is 27.3 Å². The molecule has 1 aromatic heterocycles. The first kappa shape index (κ1) is 13.9. The topological polar surface area (TPSA) is 69.4 Å². The van der Waals surface area contributed by atoms with Gasteiger partial charge in [0.2, 0.25) is 0 Å². The molecule has 1 fully saturated rings. The van der Waals surface area contributed by atoms with Crippen LogP contribution >= 0.6 is 0 Å². The van der Waals surface area contributed by atoms with E-state index in [1.165, 1.54) is 0 Å². The van der Waals surface area contributed by atoms with Gasteiger partial charge < -0.3 is 19.3 Å². The van der Waals surface area contributed by atoms with Gasteiger partial charge in [-0.05, 0) is 31.5 Å². The maximum Gasteiger partial charge on any atom is 0.261 e. The molecule has 0 bridgehead atoms. The summed E-state index contributed by atoms with van der Waals surface area (Å²) in [6, 6.07) is 5.60. The quantitative estimate of drug-likeness (QED) is 0.930. The molecule has 0 aliphatic carbocycles. The van der Waals surface area contributed by atoms with Crippen molar-refractivity contribution in [2.45, 2.75) is 18.8 Å². The summed E-state index contributed by atoms with van der Waals surface area (Å²) in [7, 11) is 3.21. The van der Waals surface area contributed by atoms with E-state index in [4.69, 9.17) is 14.0 Å². The van der Waals surface area contributed by atoms with Gasteiger partial charge in [-0.2, -0.15) is 4.98 Å². The van der Waals surface area contributed by atoms with Crippen LogP contribution in [-0.4, -0.2) is 37.4 Å². The van der Waals surface area contributed by atoms with Gasteiger partial charge >= 0.3 is 0 Å². The summed E-state index contributed by atoms with van der Waals surface area (Å²) in [6.07, 6.45) is 2.22. The summed E-state index contributed by atoms with van der Waals surface area (Å²) in [4.78, 5) is 4.53. The summed E-state index contributed by atoms with van der Waals surface area (Å²) < 4.78 is 16.1. The van der Waals surface area contributed by atoms with E-state index in [1.807, 2.05) is 18.2 Å². The summed E-state index contributed by atoms with van der Waals surface area (Å²) in [5.41, 5.74) is 0.749. The van der Waals surface area contributed by atoms with Crippen LogP contribution in [0.25, 0.3) is 11.5 Å². The van der Waals surface area contributed by atoms with Crippen molar-refractivity contribution in [3.8, 4) is 23.0 Å². The Hall–Kier alpha value is -2.08. The third-order valence-corrected chi connectivity index (χ3v) is 3.74. The number of rotatable bonds is 4.